The van der Waals surface area contributed by atoms with Crippen molar-refractivity contribution in [3.63, 3.8) is 0 Å². The van der Waals surface area contributed by atoms with Gasteiger partial charge < -0.3 is 19.0 Å². The fourth-order valence-electron chi connectivity index (χ4n) is 4.14. The lowest BCUT2D eigenvalue weighted by Crippen LogP contribution is -2.25. The summed E-state index contributed by atoms with van der Waals surface area (Å²) in [6, 6.07) is 11.2. The molecule has 29 heavy (non-hydrogen) atoms. The van der Waals surface area contributed by atoms with Crippen LogP contribution in [0.15, 0.2) is 36.4 Å². The topological polar surface area (TPSA) is 48.0 Å². The monoisotopic (exact) mass is 399 g/mol. The molecular formula is C23H26FNO4. The van der Waals surface area contributed by atoms with E-state index in [1.807, 2.05) is 24.3 Å². The van der Waals surface area contributed by atoms with Gasteiger partial charge >= 0.3 is 0 Å². The lowest BCUT2D eigenvalue weighted by Gasteiger charge is -2.22. The summed E-state index contributed by atoms with van der Waals surface area (Å²) in [6.07, 6.45) is 3.77. The molecule has 0 aromatic heterocycles. The standard InChI is InChI=1S/C23H26FNO4/c1-2-3-10-27-18-6-4-16(5-7-18)21-11-17(14-25(21)8-9-26)19-12-22-23(13-20(19)24)29-15-28-22/h4-7,9,12-13,17,21H,2-3,8,10-11,14-15H2,1H3/t17-,21-/m1/s1. The Morgan fingerprint density at radius 1 is 1.21 bits per heavy atom. The number of fused-ring (bicyclic) bond motifs is 1. The molecule has 4 rings (SSSR count). The largest absolute Gasteiger partial charge is 0.494 e. The lowest BCUT2D eigenvalue weighted by molar-refractivity contribution is -0.109. The Morgan fingerprint density at radius 2 is 1.97 bits per heavy atom. The van der Waals surface area contributed by atoms with Crippen LogP contribution in [0.4, 0.5) is 4.39 Å². The van der Waals surface area contributed by atoms with Gasteiger partial charge in [-0.2, -0.15) is 0 Å². The Morgan fingerprint density at radius 3 is 2.69 bits per heavy atom. The van der Waals surface area contributed by atoms with Crippen molar-refractivity contribution in [2.75, 3.05) is 26.5 Å². The van der Waals surface area contributed by atoms with Gasteiger partial charge in [-0.15, -0.1) is 0 Å². The predicted molar refractivity (Wildman–Crippen MR) is 107 cm³/mol. The van der Waals surface area contributed by atoms with Gasteiger partial charge in [0.25, 0.3) is 0 Å². The maximum Gasteiger partial charge on any atom is 0.231 e. The molecule has 5 nitrogen and oxygen atoms in total. The fraction of sp³-hybridized carbons (Fsp3) is 0.435. The Hall–Kier alpha value is -2.60. The molecule has 2 heterocycles. The Balaban J connectivity index is 1.52. The quantitative estimate of drug-likeness (QED) is 0.484. The van der Waals surface area contributed by atoms with Gasteiger partial charge in [0.05, 0.1) is 13.2 Å². The summed E-state index contributed by atoms with van der Waals surface area (Å²) in [5, 5.41) is 0. The van der Waals surface area contributed by atoms with Gasteiger partial charge in [-0.1, -0.05) is 25.5 Å². The number of carbonyl (C=O) groups is 1. The Bertz CT molecular complexity index is 855. The molecule has 0 unspecified atom stereocenters. The number of benzene rings is 2. The van der Waals surface area contributed by atoms with E-state index in [1.165, 1.54) is 6.07 Å². The number of rotatable bonds is 8. The summed E-state index contributed by atoms with van der Waals surface area (Å²) in [7, 11) is 0. The van der Waals surface area contributed by atoms with Crippen LogP contribution in [0.25, 0.3) is 0 Å². The van der Waals surface area contributed by atoms with Crippen molar-refractivity contribution in [3.8, 4) is 17.2 Å². The van der Waals surface area contributed by atoms with Gasteiger partial charge in [-0.05, 0) is 42.2 Å². The van der Waals surface area contributed by atoms with Crippen LogP contribution in [-0.4, -0.2) is 37.7 Å². The fourth-order valence-corrected chi connectivity index (χ4v) is 4.14. The molecule has 0 amide bonds. The van der Waals surface area contributed by atoms with E-state index in [0.29, 0.717) is 36.8 Å². The number of likely N-dealkylation sites (tertiary alicyclic amines) is 1. The minimum Gasteiger partial charge on any atom is -0.494 e. The van der Waals surface area contributed by atoms with Crippen LogP contribution in [0.5, 0.6) is 17.2 Å². The molecule has 2 aromatic rings. The number of hydrogen-bond acceptors (Lipinski definition) is 5. The summed E-state index contributed by atoms with van der Waals surface area (Å²) in [4.78, 5) is 13.3. The van der Waals surface area contributed by atoms with Crippen molar-refractivity contribution in [3.05, 3.63) is 53.3 Å². The number of nitrogens with zero attached hydrogens (tertiary/aromatic N) is 1. The van der Waals surface area contributed by atoms with E-state index in [4.69, 9.17) is 14.2 Å². The molecule has 1 fully saturated rings. The van der Waals surface area contributed by atoms with E-state index in [-0.39, 0.29) is 24.6 Å². The number of ether oxygens (including phenoxy) is 3. The van der Waals surface area contributed by atoms with Crippen LogP contribution in [0.3, 0.4) is 0 Å². The minimum atomic E-state index is -0.286. The van der Waals surface area contributed by atoms with Crippen LogP contribution >= 0.6 is 0 Å². The molecule has 0 spiro atoms. The summed E-state index contributed by atoms with van der Waals surface area (Å²) >= 11 is 0. The maximum atomic E-state index is 14.7. The predicted octanol–water partition coefficient (Wildman–Crippen LogP) is 4.46. The van der Waals surface area contributed by atoms with E-state index in [1.54, 1.807) is 6.07 Å². The first kappa shape index (κ1) is 19.7. The highest BCUT2D eigenvalue weighted by atomic mass is 19.1. The van der Waals surface area contributed by atoms with E-state index in [2.05, 4.69) is 11.8 Å². The molecule has 2 aliphatic rings. The van der Waals surface area contributed by atoms with Crippen molar-refractivity contribution < 1.29 is 23.4 Å². The zero-order valence-electron chi connectivity index (χ0n) is 16.6. The van der Waals surface area contributed by atoms with E-state index in [9.17, 15) is 9.18 Å². The molecule has 0 bridgehead atoms. The highest BCUT2D eigenvalue weighted by Gasteiger charge is 2.35. The molecule has 0 N–H and O–H groups in total. The molecule has 6 heteroatoms. The zero-order valence-corrected chi connectivity index (χ0v) is 16.6. The smallest absolute Gasteiger partial charge is 0.231 e. The normalized spacial score (nSPS) is 20.8. The van der Waals surface area contributed by atoms with Crippen LogP contribution in [0, 0.1) is 5.82 Å². The van der Waals surface area contributed by atoms with Crippen molar-refractivity contribution in [2.45, 2.75) is 38.1 Å². The first-order valence-corrected chi connectivity index (χ1v) is 10.2. The average molecular weight is 399 g/mol. The number of hydrogen-bond donors (Lipinski definition) is 0. The average Bonchev–Trinajstić information content (AvgIpc) is 3.35. The number of unbranched alkanes of at least 4 members (excludes halogenated alkanes) is 1. The third kappa shape index (κ3) is 4.22. The lowest BCUT2D eigenvalue weighted by atomic mass is 9.93. The SMILES string of the molecule is CCCCOc1ccc([C@H]2C[C@@H](c3cc4c(cc3F)OCO4)CN2CC=O)cc1. The molecule has 2 aliphatic heterocycles. The maximum absolute atomic E-state index is 14.7. The van der Waals surface area contributed by atoms with Gasteiger partial charge in [0.2, 0.25) is 6.79 Å². The van der Waals surface area contributed by atoms with Crippen LogP contribution in [0.2, 0.25) is 0 Å². The van der Waals surface area contributed by atoms with Gasteiger partial charge in [-0.25, -0.2) is 4.39 Å². The summed E-state index contributed by atoms with van der Waals surface area (Å²) in [5.41, 5.74) is 1.73. The van der Waals surface area contributed by atoms with Crippen LogP contribution < -0.4 is 14.2 Å². The number of halogens is 1. The van der Waals surface area contributed by atoms with Gasteiger partial charge in [-0.3, -0.25) is 4.90 Å². The van der Waals surface area contributed by atoms with Gasteiger partial charge in [0.15, 0.2) is 11.5 Å². The Labute approximate surface area is 170 Å². The second-order valence-corrected chi connectivity index (χ2v) is 7.57. The third-order valence-electron chi connectivity index (χ3n) is 5.68. The number of aldehydes is 1. The highest BCUT2D eigenvalue weighted by molar-refractivity contribution is 5.53. The molecule has 2 atom stereocenters. The molecule has 154 valence electrons. The molecule has 0 aliphatic carbocycles. The summed E-state index contributed by atoms with van der Waals surface area (Å²) in [5.74, 6) is 1.57. The van der Waals surface area contributed by atoms with Crippen molar-refractivity contribution in [1.82, 2.24) is 4.90 Å². The van der Waals surface area contributed by atoms with E-state index in [0.717, 1.165) is 36.9 Å². The van der Waals surface area contributed by atoms with Crippen LogP contribution in [-0.2, 0) is 4.79 Å². The minimum absolute atomic E-state index is 0.0186. The van der Waals surface area contributed by atoms with Crippen molar-refractivity contribution >= 4 is 6.29 Å². The molecule has 1 saturated heterocycles. The third-order valence-corrected chi connectivity index (χ3v) is 5.68. The van der Waals surface area contributed by atoms with Crippen LogP contribution in [0.1, 0.15) is 49.3 Å². The number of carbonyl (C=O) groups excluding carboxylic acids is 1. The van der Waals surface area contributed by atoms with Crippen molar-refractivity contribution in [1.29, 1.82) is 0 Å². The summed E-state index contributed by atoms with van der Waals surface area (Å²) in [6.45, 7) is 3.90. The first-order valence-electron chi connectivity index (χ1n) is 10.2. The summed E-state index contributed by atoms with van der Waals surface area (Å²) < 4.78 is 31.1. The Kier molecular flexibility index (Phi) is 6.00. The van der Waals surface area contributed by atoms with E-state index < -0.39 is 0 Å². The van der Waals surface area contributed by atoms with E-state index >= 15 is 0 Å². The zero-order chi connectivity index (χ0) is 20.2. The van der Waals surface area contributed by atoms with Gasteiger partial charge in [0.1, 0.15) is 17.9 Å². The highest BCUT2D eigenvalue weighted by Crippen LogP contribution is 2.44. The molecule has 0 radical (unpaired) electrons. The second-order valence-electron chi connectivity index (χ2n) is 7.57. The first-order chi connectivity index (χ1) is 14.2. The van der Waals surface area contributed by atoms with Gasteiger partial charge in [0, 0.05) is 24.6 Å². The molecule has 0 saturated carbocycles. The molecular weight excluding hydrogens is 373 g/mol. The second kappa shape index (κ2) is 8.82. The molecule has 2 aromatic carbocycles. The van der Waals surface area contributed by atoms with Crippen molar-refractivity contribution in [2.24, 2.45) is 0 Å².